The molecule has 15 heavy (non-hydrogen) atoms. The number of carbonyl (C=O) groups is 1. The summed E-state index contributed by atoms with van der Waals surface area (Å²) in [7, 11) is 1.56. The summed E-state index contributed by atoms with van der Waals surface area (Å²) in [5.41, 5.74) is 4.86. The summed E-state index contributed by atoms with van der Waals surface area (Å²) in [5, 5.41) is 9.40. The first-order chi connectivity index (χ1) is 6.96. The Hall–Kier alpha value is -1.63. The number of nitrogen functional groups attached to an aromatic ring is 1. The molecule has 0 aromatic carbocycles. The number of carbonyl (C=O) groups excluding carboxylic acids is 1. The van der Waals surface area contributed by atoms with Gasteiger partial charge in [-0.2, -0.15) is 0 Å². The average molecular weight is 214 g/mol. The maximum Gasteiger partial charge on any atom is 0.277 e. The van der Waals surface area contributed by atoms with Crippen molar-refractivity contribution in [1.29, 1.82) is 0 Å². The molecule has 0 aliphatic heterocycles. The van der Waals surface area contributed by atoms with Crippen molar-refractivity contribution in [2.24, 2.45) is 0 Å². The van der Waals surface area contributed by atoms with E-state index in [1.165, 1.54) is 0 Å². The lowest BCUT2D eigenvalue weighted by molar-refractivity contribution is 0.0811. The molecule has 1 rings (SSSR count). The molecule has 1 aromatic heterocycles. The second-order valence-corrected chi connectivity index (χ2v) is 3.77. The van der Waals surface area contributed by atoms with Crippen LogP contribution in [-0.2, 0) is 4.74 Å². The van der Waals surface area contributed by atoms with Crippen molar-refractivity contribution in [3.8, 4) is 0 Å². The van der Waals surface area contributed by atoms with Crippen LogP contribution in [0.25, 0.3) is 0 Å². The Morgan fingerprint density at radius 2 is 2.27 bits per heavy atom. The fourth-order valence-corrected chi connectivity index (χ4v) is 1.12. The molecule has 7 nitrogen and oxygen atoms in total. The highest BCUT2D eigenvalue weighted by Crippen LogP contribution is 2.08. The molecular weight excluding hydrogens is 200 g/mol. The van der Waals surface area contributed by atoms with Crippen LogP contribution in [0.2, 0.25) is 0 Å². The van der Waals surface area contributed by atoms with Crippen molar-refractivity contribution in [1.82, 2.24) is 15.6 Å². The zero-order chi connectivity index (χ0) is 11.5. The molecule has 1 amide bonds. The Kier molecular flexibility index (Phi) is 3.25. The highest BCUT2D eigenvalue weighted by Gasteiger charge is 2.24. The van der Waals surface area contributed by atoms with Gasteiger partial charge in [0.2, 0.25) is 11.5 Å². The lowest BCUT2D eigenvalue weighted by Crippen LogP contribution is -2.47. The van der Waals surface area contributed by atoms with Crippen molar-refractivity contribution >= 4 is 11.7 Å². The first-order valence-corrected chi connectivity index (χ1v) is 4.36. The van der Waals surface area contributed by atoms with Crippen LogP contribution in [0.4, 0.5) is 5.82 Å². The van der Waals surface area contributed by atoms with E-state index in [0.29, 0.717) is 6.61 Å². The number of hydrogen-bond acceptors (Lipinski definition) is 6. The summed E-state index contributed by atoms with van der Waals surface area (Å²) in [6, 6.07) is 0. The van der Waals surface area contributed by atoms with Crippen molar-refractivity contribution in [3.05, 3.63) is 5.69 Å². The van der Waals surface area contributed by atoms with Crippen molar-refractivity contribution in [2.45, 2.75) is 19.4 Å². The topological polar surface area (TPSA) is 103 Å². The number of anilines is 1. The molecule has 1 aromatic rings. The number of rotatable bonds is 4. The van der Waals surface area contributed by atoms with E-state index in [0.717, 1.165) is 0 Å². The van der Waals surface area contributed by atoms with Gasteiger partial charge in [0, 0.05) is 7.11 Å². The van der Waals surface area contributed by atoms with Crippen molar-refractivity contribution in [3.63, 3.8) is 0 Å². The Morgan fingerprint density at radius 1 is 1.60 bits per heavy atom. The molecule has 1 heterocycles. The van der Waals surface area contributed by atoms with Crippen LogP contribution >= 0.6 is 0 Å². The zero-order valence-corrected chi connectivity index (χ0v) is 8.90. The summed E-state index contributed by atoms with van der Waals surface area (Å²) >= 11 is 0. The summed E-state index contributed by atoms with van der Waals surface area (Å²) in [4.78, 5) is 11.6. The Balaban J connectivity index is 2.68. The van der Waals surface area contributed by atoms with Crippen LogP contribution in [0, 0.1) is 0 Å². The molecule has 3 N–H and O–H groups in total. The summed E-state index contributed by atoms with van der Waals surface area (Å²) in [6.45, 7) is 4.01. The molecular formula is C8H14N4O3. The standard InChI is InChI=1S/C8H14N4O3/c1-8(2,4-14-3)10-7(13)5-6(9)12-15-11-5/h4H2,1-3H3,(H2,9,12)(H,10,13). The molecule has 0 bridgehead atoms. The van der Waals surface area contributed by atoms with E-state index in [1.54, 1.807) is 7.11 Å². The van der Waals surface area contributed by atoms with Gasteiger partial charge in [0.1, 0.15) is 0 Å². The maximum atomic E-state index is 11.6. The van der Waals surface area contributed by atoms with Crippen molar-refractivity contribution < 1.29 is 14.2 Å². The number of aromatic nitrogens is 2. The monoisotopic (exact) mass is 214 g/mol. The quantitative estimate of drug-likeness (QED) is 0.719. The molecule has 0 spiro atoms. The van der Waals surface area contributed by atoms with E-state index in [9.17, 15) is 4.79 Å². The second kappa shape index (κ2) is 4.26. The zero-order valence-electron chi connectivity index (χ0n) is 8.90. The van der Waals surface area contributed by atoms with Gasteiger partial charge in [0.15, 0.2) is 0 Å². The number of hydrogen-bond donors (Lipinski definition) is 2. The van der Waals surface area contributed by atoms with Gasteiger partial charge in [0.05, 0.1) is 12.1 Å². The minimum atomic E-state index is -0.503. The van der Waals surface area contributed by atoms with Crippen LogP contribution in [-0.4, -0.2) is 35.5 Å². The smallest absolute Gasteiger partial charge is 0.277 e. The predicted molar refractivity (Wildman–Crippen MR) is 52.1 cm³/mol. The molecule has 0 aliphatic carbocycles. The first-order valence-electron chi connectivity index (χ1n) is 4.36. The summed E-state index contributed by atoms with van der Waals surface area (Å²) < 4.78 is 9.27. The van der Waals surface area contributed by atoms with Gasteiger partial charge in [-0.25, -0.2) is 4.63 Å². The van der Waals surface area contributed by atoms with Gasteiger partial charge < -0.3 is 15.8 Å². The predicted octanol–water partition coefficient (Wildman–Crippen LogP) is -0.193. The third kappa shape index (κ3) is 2.91. The third-order valence-electron chi connectivity index (χ3n) is 1.69. The van der Waals surface area contributed by atoms with Crippen LogP contribution in [0.15, 0.2) is 4.63 Å². The fourth-order valence-electron chi connectivity index (χ4n) is 1.12. The van der Waals surface area contributed by atoms with Crippen LogP contribution < -0.4 is 11.1 Å². The number of nitrogens with zero attached hydrogens (tertiary/aromatic N) is 2. The van der Waals surface area contributed by atoms with E-state index in [4.69, 9.17) is 10.5 Å². The van der Waals surface area contributed by atoms with E-state index in [-0.39, 0.29) is 11.5 Å². The van der Waals surface area contributed by atoms with E-state index in [1.807, 2.05) is 13.8 Å². The van der Waals surface area contributed by atoms with Gasteiger partial charge in [-0.3, -0.25) is 4.79 Å². The minimum Gasteiger partial charge on any atom is -0.382 e. The Labute approximate surface area is 86.9 Å². The average Bonchev–Trinajstić information content (AvgIpc) is 2.50. The number of methoxy groups -OCH3 is 1. The van der Waals surface area contributed by atoms with Crippen LogP contribution in [0.5, 0.6) is 0 Å². The van der Waals surface area contributed by atoms with Crippen LogP contribution in [0.1, 0.15) is 24.3 Å². The summed E-state index contributed by atoms with van der Waals surface area (Å²) in [5.74, 6) is -0.462. The minimum absolute atomic E-state index is 0.0146. The molecule has 0 atom stereocenters. The van der Waals surface area contributed by atoms with Gasteiger partial charge in [-0.1, -0.05) is 0 Å². The van der Waals surface area contributed by atoms with Gasteiger partial charge >= 0.3 is 0 Å². The molecule has 0 saturated heterocycles. The first kappa shape index (κ1) is 11.4. The van der Waals surface area contributed by atoms with E-state index < -0.39 is 11.4 Å². The molecule has 0 aliphatic rings. The number of ether oxygens (including phenoxy) is 1. The Morgan fingerprint density at radius 3 is 2.73 bits per heavy atom. The summed E-state index contributed by atoms with van der Waals surface area (Å²) in [6.07, 6.45) is 0. The highest BCUT2D eigenvalue weighted by atomic mass is 16.6. The molecule has 7 heteroatoms. The van der Waals surface area contributed by atoms with E-state index >= 15 is 0 Å². The lowest BCUT2D eigenvalue weighted by atomic mass is 10.1. The fraction of sp³-hybridized carbons (Fsp3) is 0.625. The van der Waals surface area contributed by atoms with Gasteiger partial charge in [-0.05, 0) is 24.2 Å². The third-order valence-corrected chi connectivity index (χ3v) is 1.69. The molecule has 0 radical (unpaired) electrons. The highest BCUT2D eigenvalue weighted by molar-refractivity contribution is 5.96. The van der Waals surface area contributed by atoms with Crippen molar-refractivity contribution in [2.75, 3.05) is 19.5 Å². The SMILES string of the molecule is COCC(C)(C)NC(=O)c1nonc1N. The lowest BCUT2D eigenvalue weighted by Gasteiger charge is -2.24. The van der Waals surface area contributed by atoms with E-state index in [2.05, 4.69) is 20.3 Å². The van der Waals surface area contributed by atoms with Gasteiger partial charge in [-0.15, -0.1) is 0 Å². The second-order valence-electron chi connectivity index (χ2n) is 3.77. The normalized spacial score (nSPS) is 11.4. The molecule has 0 unspecified atom stereocenters. The Bertz CT molecular complexity index is 347. The largest absolute Gasteiger partial charge is 0.382 e. The molecule has 0 saturated carbocycles. The number of nitrogens with two attached hydrogens (primary N) is 1. The maximum absolute atomic E-state index is 11.6. The molecule has 0 fully saturated rings. The van der Waals surface area contributed by atoms with Gasteiger partial charge in [0.25, 0.3) is 5.91 Å². The number of amides is 1. The molecule has 84 valence electrons. The van der Waals surface area contributed by atoms with Crippen LogP contribution in [0.3, 0.4) is 0 Å². The number of nitrogens with one attached hydrogen (secondary N) is 1.